The molecule has 58 heavy (non-hydrogen) atoms. The lowest BCUT2D eigenvalue weighted by atomic mass is 9.71. The van der Waals surface area contributed by atoms with E-state index in [1.54, 1.807) is 48.5 Å². The van der Waals surface area contributed by atoms with E-state index in [1.165, 1.54) is 9.80 Å². The van der Waals surface area contributed by atoms with Crippen molar-refractivity contribution in [2.24, 2.45) is 47.3 Å². The SMILES string of the molecule is CC(c1ccccc1)(c1ccc(Oc2ccc(N3C(=O)[C@H]4[C@H](C3=O)[C@H]3C=C[C@H]4C3)cc2)cc1)c1ccc(Oc2ccc(N3C(=O)[C@H]4[C@H](C3=O)[C@H]3C=C[C@H]4C3)cc2)cc1. The van der Waals surface area contributed by atoms with E-state index in [-0.39, 0.29) is 71.0 Å². The Labute approximate surface area is 336 Å². The van der Waals surface area contributed by atoms with E-state index in [9.17, 15) is 19.2 Å². The van der Waals surface area contributed by atoms with E-state index in [0.717, 1.165) is 29.5 Å². The molecule has 0 aromatic heterocycles. The molecule has 286 valence electrons. The summed E-state index contributed by atoms with van der Waals surface area (Å²) in [5.74, 6) is 1.95. The number of rotatable bonds is 9. The van der Waals surface area contributed by atoms with Gasteiger partial charge in [-0.15, -0.1) is 0 Å². The first kappa shape index (κ1) is 34.7. The summed E-state index contributed by atoms with van der Waals surface area (Å²) >= 11 is 0. The third-order valence-corrected chi connectivity index (χ3v) is 13.8. The lowest BCUT2D eigenvalue weighted by Gasteiger charge is -2.32. The molecular formula is C50H40N2O6. The summed E-state index contributed by atoms with van der Waals surface area (Å²) in [4.78, 5) is 55.9. The first-order valence-corrected chi connectivity index (χ1v) is 20.2. The van der Waals surface area contributed by atoms with Gasteiger partial charge >= 0.3 is 0 Å². The summed E-state index contributed by atoms with van der Waals surface area (Å²) in [7, 11) is 0. The third-order valence-electron chi connectivity index (χ3n) is 13.8. The van der Waals surface area contributed by atoms with Gasteiger partial charge in [0.2, 0.25) is 23.6 Å². The van der Waals surface area contributed by atoms with Gasteiger partial charge in [0.15, 0.2) is 0 Å². The van der Waals surface area contributed by atoms with Crippen LogP contribution in [0.4, 0.5) is 11.4 Å². The zero-order valence-corrected chi connectivity index (χ0v) is 31.8. The quantitative estimate of drug-likeness (QED) is 0.0845. The van der Waals surface area contributed by atoms with Gasteiger partial charge in [-0.25, -0.2) is 0 Å². The molecule has 5 aromatic rings. The smallest absolute Gasteiger partial charge is 0.238 e. The minimum Gasteiger partial charge on any atom is -0.457 e. The maximum absolute atomic E-state index is 13.3. The Bertz CT molecular complexity index is 2330. The number of ether oxygens (including phenoxy) is 2. The zero-order chi connectivity index (χ0) is 39.3. The molecule has 2 saturated heterocycles. The standard InChI is InChI=1S/C50H40N2O6/c1-50(33-5-3-2-4-6-33,34-11-19-38(20-12-34)57-40-23-15-36(16-24-40)51-46(53)42-29-7-8-30(27-29)43(42)47(51)54)35-13-21-39(22-14-35)58-41-25-17-37(18-26-41)52-48(55)44-31-9-10-32(28-31)45(44)49(52)56/h2-26,29-32,42-45H,27-28H2,1H3/t29-,30-,31-,32-,42+,43+,44+,45+/m0/s1. The molecule has 11 rings (SSSR count). The summed E-state index contributed by atoms with van der Waals surface area (Å²) in [6.45, 7) is 2.21. The van der Waals surface area contributed by atoms with Gasteiger partial charge in [-0.3, -0.25) is 29.0 Å². The number of carbonyl (C=O) groups is 4. The second kappa shape index (κ2) is 13.0. The molecule has 6 aliphatic rings. The number of amides is 4. The van der Waals surface area contributed by atoms with Gasteiger partial charge in [0.25, 0.3) is 0 Å². The number of fused-ring (bicyclic) bond motifs is 10. The predicted octanol–water partition coefficient (Wildman–Crippen LogP) is 9.25. The van der Waals surface area contributed by atoms with E-state index in [1.807, 2.05) is 42.5 Å². The second-order valence-corrected chi connectivity index (χ2v) is 16.8. The van der Waals surface area contributed by atoms with Gasteiger partial charge in [-0.2, -0.15) is 0 Å². The Morgan fingerprint density at radius 1 is 0.414 bits per heavy atom. The molecule has 8 atom stereocenters. The van der Waals surface area contributed by atoms with E-state index in [2.05, 4.69) is 67.6 Å². The van der Waals surface area contributed by atoms with Crippen molar-refractivity contribution < 1.29 is 28.7 Å². The van der Waals surface area contributed by atoms with E-state index in [0.29, 0.717) is 34.4 Å². The van der Waals surface area contributed by atoms with Crippen LogP contribution in [0.5, 0.6) is 23.0 Å². The van der Waals surface area contributed by atoms with Crippen LogP contribution in [-0.2, 0) is 24.6 Å². The monoisotopic (exact) mass is 764 g/mol. The van der Waals surface area contributed by atoms with Crippen LogP contribution < -0.4 is 19.3 Å². The molecule has 2 saturated carbocycles. The molecular weight excluding hydrogens is 725 g/mol. The first-order valence-electron chi connectivity index (χ1n) is 20.2. The molecule has 8 nitrogen and oxygen atoms in total. The average Bonchev–Trinajstić information content (AvgIpc) is 4.13. The Morgan fingerprint density at radius 2 is 0.707 bits per heavy atom. The number of carbonyl (C=O) groups excluding carboxylic acids is 4. The lowest BCUT2D eigenvalue weighted by Crippen LogP contribution is -2.32. The van der Waals surface area contributed by atoms with Gasteiger partial charge < -0.3 is 9.47 Å². The zero-order valence-electron chi connectivity index (χ0n) is 31.8. The Kier molecular flexibility index (Phi) is 7.77. The summed E-state index contributed by atoms with van der Waals surface area (Å²) in [5.41, 5.74) is 3.93. The van der Waals surface area contributed by atoms with Crippen LogP contribution in [-0.4, -0.2) is 23.6 Å². The average molecular weight is 765 g/mol. The van der Waals surface area contributed by atoms with Crippen LogP contribution in [0.1, 0.15) is 36.5 Å². The highest BCUT2D eigenvalue weighted by Gasteiger charge is 2.60. The first-order chi connectivity index (χ1) is 28.3. The van der Waals surface area contributed by atoms with Crippen molar-refractivity contribution in [3.63, 3.8) is 0 Å². The molecule has 5 aromatic carbocycles. The lowest BCUT2D eigenvalue weighted by molar-refractivity contribution is -0.124. The van der Waals surface area contributed by atoms with Crippen molar-refractivity contribution >= 4 is 35.0 Å². The highest BCUT2D eigenvalue weighted by atomic mass is 16.5. The molecule has 2 heterocycles. The third kappa shape index (κ3) is 5.20. The Morgan fingerprint density at radius 3 is 1.03 bits per heavy atom. The van der Waals surface area contributed by atoms with Crippen LogP contribution in [0.25, 0.3) is 0 Å². The van der Waals surface area contributed by atoms with Crippen LogP contribution in [0.3, 0.4) is 0 Å². The number of anilines is 2. The minimum absolute atomic E-state index is 0.0902. The topological polar surface area (TPSA) is 93.2 Å². The number of imide groups is 2. The van der Waals surface area contributed by atoms with Crippen molar-refractivity contribution in [1.82, 2.24) is 0 Å². The summed E-state index contributed by atoms with van der Waals surface area (Å²) in [6, 6.07) is 40.9. The number of hydrogen-bond acceptors (Lipinski definition) is 6. The van der Waals surface area contributed by atoms with Crippen molar-refractivity contribution in [3.05, 3.63) is 168 Å². The van der Waals surface area contributed by atoms with E-state index >= 15 is 0 Å². The van der Waals surface area contributed by atoms with Crippen molar-refractivity contribution in [2.75, 3.05) is 9.80 Å². The van der Waals surface area contributed by atoms with Crippen LogP contribution in [0.15, 0.2) is 152 Å². The summed E-state index contributed by atoms with van der Waals surface area (Å²) in [6.07, 6.45) is 10.2. The van der Waals surface area contributed by atoms with Crippen LogP contribution >= 0.6 is 0 Å². The van der Waals surface area contributed by atoms with Gasteiger partial charge in [0, 0.05) is 5.41 Å². The van der Waals surface area contributed by atoms with E-state index in [4.69, 9.17) is 9.47 Å². The normalized spacial score (nSPS) is 27.5. The Hall–Kier alpha value is -6.54. The number of hydrogen-bond donors (Lipinski definition) is 0. The fourth-order valence-corrected chi connectivity index (χ4v) is 10.9. The predicted molar refractivity (Wildman–Crippen MR) is 218 cm³/mol. The van der Waals surface area contributed by atoms with Crippen molar-refractivity contribution in [3.8, 4) is 23.0 Å². The Balaban J connectivity index is 0.785. The molecule has 2 aliphatic heterocycles. The van der Waals surface area contributed by atoms with Gasteiger partial charge in [0.1, 0.15) is 23.0 Å². The van der Waals surface area contributed by atoms with Crippen LogP contribution in [0.2, 0.25) is 0 Å². The molecule has 8 heteroatoms. The highest BCUT2D eigenvalue weighted by molar-refractivity contribution is 6.23. The van der Waals surface area contributed by atoms with Crippen LogP contribution in [0, 0.1) is 47.3 Å². The molecule has 0 unspecified atom stereocenters. The fraction of sp³-hybridized carbons (Fsp3) is 0.240. The second-order valence-electron chi connectivity index (χ2n) is 16.8. The molecule has 0 N–H and O–H groups in total. The van der Waals surface area contributed by atoms with Gasteiger partial charge in [0.05, 0.1) is 35.0 Å². The van der Waals surface area contributed by atoms with Gasteiger partial charge in [-0.05, 0) is 133 Å². The number of benzene rings is 5. The van der Waals surface area contributed by atoms with Crippen molar-refractivity contribution in [2.45, 2.75) is 25.2 Å². The molecule has 4 amide bonds. The number of nitrogens with zero attached hydrogens (tertiary/aromatic N) is 2. The largest absolute Gasteiger partial charge is 0.457 e. The van der Waals surface area contributed by atoms with Crippen molar-refractivity contribution in [1.29, 1.82) is 0 Å². The van der Waals surface area contributed by atoms with Gasteiger partial charge in [-0.1, -0.05) is 78.9 Å². The summed E-state index contributed by atoms with van der Waals surface area (Å²) < 4.78 is 12.5. The number of allylic oxidation sites excluding steroid dienone is 4. The fourth-order valence-electron chi connectivity index (χ4n) is 10.9. The molecule has 4 bridgehead atoms. The molecule has 0 radical (unpaired) electrons. The maximum atomic E-state index is 13.3. The molecule has 0 spiro atoms. The molecule has 4 fully saturated rings. The summed E-state index contributed by atoms with van der Waals surface area (Å²) in [5, 5.41) is 0. The molecule has 4 aliphatic carbocycles. The highest BCUT2D eigenvalue weighted by Crippen LogP contribution is 2.54. The maximum Gasteiger partial charge on any atom is 0.238 e. The van der Waals surface area contributed by atoms with E-state index < -0.39 is 5.41 Å². The minimum atomic E-state index is -0.508.